The summed E-state index contributed by atoms with van der Waals surface area (Å²) in [5.41, 5.74) is 4.30. The van der Waals surface area contributed by atoms with Gasteiger partial charge in [0.2, 0.25) is 0 Å². The molecule has 0 saturated carbocycles. The maximum absolute atomic E-state index is 8.71. The number of aliphatic imine (C=N–C) groups is 1. The van der Waals surface area contributed by atoms with Gasteiger partial charge in [-0.1, -0.05) is 18.2 Å². The Labute approximate surface area is 109 Å². The molecule has 90 valence electrons. The van der Waals surface area contributed by atoms with Crippen molar-refractivity contribution < 1.29 is 0 Å². The number of nitrogens with zero attached hydrogens (tertiary/aromatic N) is 2. The van der Waals surface area contributed by atoms with E-state index in [1.54, 1.807) is 23.5 Å². The molecule has 0 aliphatic heterocycles. The minimum atomic E-state index is 0.531. The van der Waals surface area contributed by atoms with Crippen LogP contribution in [-0.4, -0.2) is 5.84 Å². The lowest BCUT2D eigenvalue weighted by Gasteiger charge is -2.03. The molecule has 0 saturated heterocycles. The topological polar surface area (TPSA) is 74.2 Å². The van der Waals surface area contributed by atoms with E-state index < -0.39 is 0 Å². The zero-order valence-electron chi connectivity index (χ0n) is 9.63. The fraction of sp³-hybridized carbons (Fsp3) is 0.0769. The molecule has 0 amide bonds. The number of hydrogen-bond acceptors (Lipinski definition) is 4. The molecule has 1 aromatic heterocycles. The molecule has 2 rings (SSSR count). The number of thiophene rings is 1. The van der Waals surface area contributed by atoms with E-state index in [1.165, 1.54) is 0 Å². The predicted molar refractivity (Wildman–Crippen MR) is 73.0 cm³/mol. The number of hydrazine groups is 1. The van der Waals surface area contributed by atoms with Crippen LogP contribution in [0.1, 0.15) is 16.0 Å². The Morgan fingerprint density at radius 3 is 2.67 bits per heavy atom. The van der Waals surface area contributed by atoms with Gasteiger partial charge >= 0.3 is 0 Å². The van der Waals surface area contributed by atoms with Crippen molar-refractivity contribution >= 4 is 17.2 Å². The number of benzene rings is 1. The first kappa shape index (κ1) is 12.3. The number of nitrogens with two attached hydrogens (primary N) is 1. The maximum atomic E-state index is 8.71. The van der Waals surface area contributed by atoms with Gasteiger partial charge in [0.15, 0.2) is 5.84 Å². The summed E-state index contributed by atoms with van der Waals surface area (Å²) >= 11 is 1.58. The van der Waals surface area contributed by atoms with Crippen molar-refractivity contribution in [2.45, 2.75) is 6.54 Å². The summed E-state index contributed by atoms with van der Waals surface area (Å²) in [5.74, 6) is 6.13. The van der Waals surface area contributed by atoms with E-state index in [0.717, 1.165) is 10.4 Å². The van der Waals surface area contributed by atoms with Crippen molar-refractivity contribution in [3.8, 4) is 6.07 Å². The third-order valence-electron chi connectivity index (χ3n) is 2.39. The molecule has 3 N–H and O–H groups in total. The van der Waals surface area contributed by atoms with Crippen molar-refractivity contribution in [2.75, 3.05) is 0 Å². The Morgan fingerprint density at radius 1 is 1.33 bits per heavy atom. The molecule has 0 aliphatic rings. The Bertz CT molecular complexity index is 564. The van der Waals surface area contributed by atoms with Crippen LogP contribution in [0.15, 0.2) is 46.8 Å². The van der Waals surface area contributed by atoms with Gasteiger partial charge in [0.05, 0.1) is 23.1 Å². The third-order valence-corrected chi connectivity index (χ3v) is 3.27. The van der Waals surface area contributed by atoms with Crippen LogP contribution < -0.4 is 11.3 Å². The summed E-state index contributed by atoms with van der Waals surface area (Å²) in [4.78, 5) is 5.42. The zero-order chi connectivity index (χ0) is 12.8. The van der Waals surface area contributed by atoms with Crippen LogP contribution >= 0.6 is 11.3 Å². The number of nitrogens with one attached hydrogen (secondary N) is 1. The molecule has 18 heavy (non-hydrogen) atoms. The molecular formula is C13H12N4S. The molecule has 0 fully saturated rings. The molecule has 0 atom stereocenters. The van der Waals surface area contributed by atoms with Crippen LogP contribution in [0.3, 0.4) is 0 Å². The van der Waals surface area contributed by atoms with Gasteiger partial charge in [0, 0.05) is 0 Å². The van der Waals surface area contributed by atoms with Crippen LogP contribution in [0.4, 0.5) is 0 Å². The second-order valence-electron chi connectivity index (χ2n) is 3.60. The van der Waals surface area contributed by atoms with E-state index in [1.807, 2.05) is 29.6 Å². The van der Waals surface area contributed by atoms with E-state index in [-0.39, 0.29) is 0 Å². The largest absolute Gasteiger partial charge is 0.308 e. The molecule has 1 heterocycles. The Morgan fingerprint density at radius 2 is 2.11 bits per heavy atom. The molecule has 5 heteroatoms. The Balaban J connectivity index is 2.11. The quantitative estimate of drug-likeness (QED) is 0.382. The lowest BCUT2D eigenvalue weighted by atomic mass is 10.1. The molecule has 2 aromatic rings. The fourth-order valence-corrected chi connectivity index (χ4v) is 2.16. The van der Waals surface area contributed by atoms with Gasteiger partial charge in [0.1, 0.15) is 0 Å². The molecule has 0 unspecified atom stereocenters. The van der Waals surface area contributed by atoms with Gasteiger partial charge in [-0.05, 0) is 29.1 Å². The molecule has 0 spiro atoms. The van der Waals surface area contributed by atoms with Gasteiger partial charge in [-0.3, -0.25) is 4.99 Å². The number of hydrogen-bond donors (Lipinski definition) is 2. The zero-order valence-corrected chi connectivity index (χ0v) is 10.4. The first-order chi connectivity index (χ1) is 8.83. The van der Waals surface area contributed by atoms with Crippen LogP contribution in [-0.2, 0) is 6.54 Å². The fourth-order valence-electron chi connectivity index (χ4n) is 1.46. The lowest BCUT2D eigenvalue weighted by Crippen LogP contribution is -2.30. The van der Waals surface area contributed by atoms with Gasteiger partial charge in [-0.25, -0.2) is 5.84 Å². The van der Waals surface area contributed by atoms with E-state index in [4.69, 9.17) is 11.1 Å². The number of rotatable bonds is 3. The third kappa shape index (κ3) is 2.94. The van der Waals surface area contributed by atoms with Crippen molar-refractivity contribution in [2.24, 2.45) is 10.8 Å². The average molecular weight is 256 g/mol. The van der Waals surface area contributed by atoms with Crippen molar-refractivity contribution in [1.82, 2.24) is 5.43 Å². The summed E-state index contributed by atoms with van der Waals surface area (Å²) in [7, 11) is 0. The van der Waals surface area contributed by atoms with E-state index in [0.29, 0.717) is 17.9 Å². The van der Waals surface area contributed by atoms with Crippen molar-refractivity contribution in [1.29, 1.82) is 5.26 Å². The normalized spacial score (nSPS) is 11.0. The van der Waals surface area contributed by atoms with Gasteiger partial charge < -0.3 is 5.43 Å². The van der Waals surface area contributed by atoms with E-state index in [2.05, 4.69) is 16.5 Å². The molecule has 0 bridgehead atoms. The van der Waals surface area contributed by atoms with Gasteiger partial charge in [-0.15, -0.1) is 11.3 Å². The van der Waals surface area contributed by atoms with Gasteiger partial charge in [0.25, 0.3) is 0 Å². The van der Waals surface area contributed by atoms with Crippen LogP contribution in [0, 0.1) is 11.3 Å². The summed E-state index contributed by atoms with van der Waals surface area (Å²) in [6.45, 7) is 0.531. The summed E-state index contributed by atoms with van der Waals surface area (Å²) in [6, 6.07) is 13.4. The lowest BCUT2D eigenvalue weighted by molar-refractivity contribution is 0.977. The predicted octanol–water partition coefficient (Wildman–Crippen LogP) is 2.03. The highest BCUT2D eigenvalue weighted by Crippen LogP contribution is 2.10. The minimum Gasteiger partial charge on any atom is -0.308 e. The summed E-state index contributed by atoms with van der Waals surface area (Å²) in [6.07, 6.45) is 0. The molecule has 0 aliphatic carbocycles. The summed E-state index contributed by atoms with van der Waals surface area (Å²) in [5, 5.41) is 10.7. The average Bonchev–Trinajstić information content (AvgIpc) is 2.94. The molecule has 4 nitrogen and oxygen atoms in total. The first-order valence-corrected chi connectivity index (χ1v) is 6.25. The van der Waals surface area contributed by atoms with Crippen molar-refractivity contribution in [3.63, 3.8) is 0 Å². The van der Waals surface area contributed by atoms with Crippen molar-refractivity contribution in [3.05, 3.63) is 57.8 Å². The van der Waals surface area contributed by atoms with Crippen LogP contribution in [0.25, 0.3) is 0 Å². The van der Waals surface area contributed by atoms with Crippen LogP contribution in [0.2, 0.25) is 0 Å². The smallest absolute Gasteiger partial charge is 0.153 e. The van der Waals surface area contributed by atoms with E-state index >= 15 is 0 Å². The second-order valence-corrected chi connectivity index (χ2v) is 4.54. The monoisotopic (exact) mass is 256 g/mol. The maximum Gasteiger partial charge on any atom is 0.153 e. The highest BCUT2D eigenvalue weighted by atomic mass is 32.1. The Hall–Kier alpha value is -2.16. The van der Waals surface area contributed by atoms with E-state index in [9.17, 15) is 0 Å². The van der Waals surface area contributed by atoms with Gasteiger partial charge in [-0.2, -0.15) is 5.26 Å². The standard InChI is InChI=1S/C13H12N4S/c14-8-10-3-5-11(6-4-10)9-16-13(17-15)12-2-1-7-18-12/h1-7H,9,15H2,(H,16,17). The SMILES string of the molecule is N#Cc1ccc(CN=C(NN)c2cccs2)cc1. The number of amidine groups is 1. The molecule has 0 radical (unpaired) electrons. The minimum absolute atomic E-state index is 0.531. The number of nitriles is 1. The highest BCUT2D eigenvalue weighted by molar-refractivity contribution is 7.12. The van der Waals surface area contributed by atoms with Crippen LogP contribution in [0.5, 0.6) is 0 Å². The first-order valence-electron chi connectivity index (χ1n) is 5.37. The highest BCUT2D eigenvalue weighted by Gasteiger charge is 2.01. The summed E-state index contributed by atoms with van der Waals surface area (Å²) < 4.78 is 0. The molecular weight excluding hydrogens is 244 g/mol. The molecule has 1 aromatic carbocycles. The second kappa shape index (κ2) is 5.96. The Kier molecular flexibility index (Phi) is 4.07.